The predicted molar refractivity (Wildman–Crippen MR) is 126 cm³/mol. The molecular weight excluding hydrogens is 406 g/mol. The SMILES string of the molecule is C=CCCc1ccc(COC2CCC(C(F)(F)Oc3ccc(CCC=C)cc3)CC2)cc1. The molecule has 3 rings (SSSR count). The summed E-state index contributed by atoms with van der Waals surface area (Å²) in [6.07, 6.45) is 6.34. The maximum atomic E-state index is 14.7. The number of allylic oxidation sites excluding steroid dienone is 2. The lowest BCUT2D eigenvalue weighted by atomic mass is 9.86. The lowest BCUT2D eigenvalue weighted by Crippen LogP contribution is -2.38. The summed E-state index contributed by atoms with van der Waals surface area (Å²) in [5.41, 5.74) is 3.48. The van der Waals surface area contributed by atoms with Crippen molar-refractivity contribution < 1.29 is 18.3 Å². The molecule has 0 unspecified atom stereocenters. The van der Waals surface area contributed by atoms with Crippen LogP contribution in [0.25, 0.3) is 0 Å². The van der Waals surface area contributed by atoms with Gasteiger partial charge >= 0.3 is 6.11 Å². The summed E-state index contributed by atoms with van der Waals surface area (Å²) in [6, 6.07) is 15.3. The van der Waals surface area contributed by atoms with Crippen molar-refractivity contribution in [1.29, 1.82) is 0 Å². The fraction of sp³-hybridized carbons (Fsp3) is 0.429. The van der Waals surface area contributed by atoms with Gasteiger partial charge in [0.2, 0.25) is 0 Å². The van der Waals surface area contributed by atoms with Crippen molar-refractivity contribution in [3.05, 3.63) is 90.5 Å². The van der Waals surface area contributed by atoms with Crippen LogP contribution in [0.1, 0.15) is 55.2 Å². The van der Waals surface area contributed by atoms with E-state index in [1.165, 1.54) is 5.56 Å². The Hall–Kier alpha value is -2.46. The van der Waals surface area contributed by atoms with E-state index in [9.17, 15) is 8.78 Å². The van der Waals surface area contributed by atoms with Crippen LogP contribution in [0.15, 0.2) is 73.8 Å². The highest BCUT2D eigenvalue weighted by molar-refractivity contribution is 5.28. The normalized spacial score (nSPS) is 18.8. The van der Waals surface area contributed by atoms with Crippen LogP contribution in [0, 0.1) is 5.92 Å². The molecule has 2 nitrogen and oxygen atoms in total. The number of aryl methyl sites for hydroxylation is 2. The summed E-state index contributed by atoms with van der Waals surface area (Å²) in [5.74, 6) is -0.570. The van der Waals surface area contributed by atoms with Gasteiger partial charge in [-0.25, -0.2) is 0 Å². The molecule has 1 fully saturated rings. The minimum atomic E-state index is -3.17. The first-order valence-electron chi connectivity index (χ1n) is 11.6. The van der Waals surface area contributed by atoms with Crippen molar-refractivity contribution in [3.63, 3.8) is 0 Å². The molecule has 32 heavy (non-hydrogen) atoms. The van der Waals surface area contributed by atoms with Crippen molar-refractivity contribution in [2.75, 3.05) is 0 Å². The van der Waals surface area contributed by atoms with E-state index in [1.54, 1.807) is 12.1 Å². The molecule has 2 aromatic rings. The second kappa shape index (κ2) is 12.0. The van der Waals surface area contributed by atoms with Crippen LogP contribution in [0.3, 0.4) is 0 Å². The Morgan fingerprint density at radius 2 is 1.28 bits per heavy atom. The lowest BCUT2D eigenvalue weighted by Gasteiger charge is -2.33. The van der Waals surface area contributed by atoms with E-state index >= 15 is 0 Å². The molecule has 1 aliphatic rings. The third-order valence-corrected chi connectivity index (χ3v) is 6.11. The number of rotatable bonds is 12. The molecule has 0 aromatic heterocycles. The molecule has 0 saturated heterocycles. The first-order chi connectivity index (χ1) is 15.5. The van der Waals surface area contributed by atoms with Crippen LogP contribution in [0.4, 0.5) is 8.78 Å². The van der Waals surface area contributed by atoms with Crippen LogP contribution in [0.5, 0.6) is 5.75 Å². The van der Waals surface area contributed by atoms with Crippen molar-refractivity contribution >= 4 is 0 Å². The summed E-state index contributed by atoms with van der Waals surface area (Å²) < 4.78 is 40.5. The number of ether oxygens (including phenoxy) is 2. The van der Waals surface area contributed by atoms with Gasteiger partial charge in [-0.15, -0.1) is 13.2 Å². The largest absolute Gasteiger partial charge is 0.432 e. The standard InChI is InChI=1S/C28H34F2O2/c1-3-5-7-22-9-11-24(12-10-22)21-31-26-19-15-25(16-20-26)28(29,30)32-27-17-13-23(14-18-27)8-6-4-2/h3-4,9-14,17-18,25-26H,1-2,5-8,15-16,19-21H2. The molecule has 0 bridgehead atoms. The second-order valence-corrected chi connectivity index (χ2v) is 8.56. The Kier molecular flexibility index (Phi) is 9.04. The molecule has 1 saturated carbocycles. The van der Waals surface area contributed by atoms with Crippen LogP contribution in [-0.4, -0.2) is 12.2 Å². The maximum absolute atomic E-state index is 14.7. The van der Waals surface area contributed by atoms with E-state index in [2.05, 4.69) is 37.4 Å². The average Bonchev–Trinajstić information content (AvgIpc) is 2.82. The van der Waals surface area contributed by atoms with Gasteiger partial charge in [0.15, 0.2) is 0 Å². The van der Waals surface area contributed by atoms with Gasteiger partial charge < -0.3 is 9.47 Å². The third kappa shape index (κ3) is 7.30. The molecule has 0 aliphatic heterocycles. The van der Waals surface area contributed by atoms with Gasteiger partial charge in [0, 0.05) is 0 Å². The Morgan fingerprint density at radius 3 is 1.81 bits per heavy atom. The van der Waals surface area contributed by atoms with Gasteiger partial charge in [-0.2, -0.15) is 8.78 Å². The van der Waals surface area contributed by atoms with Crippen LogP contribution in [0.2, 0.25) is 0 Å². The smallest absolute Gasteiger partial charge is 0.400 e. The molecule has 0 N–H and O–H groups in total. The molecule has 0 heterocycles. The van der Waals surface area contributed by atoms with E-state index in [0.717, 1.165) is 36.8 Å². The fourth-order valence-electron chi connectivity index (χ4n) is 4.08. The third-order valence-electron chi connectivity index (χ3n) is 6.11. The van der Waals surface area contributed by atoms with Gasteiger partial charge in [0.05, 0.1) is 18.6 Å². The molecule has 1 aliphatic carbocycles. The number of benzene rings is 2. The molecule has 0 atom stereocenters. The van der Waals surface area contributed by atoms with Gasteiger partial charge in [0.25, 0.3) is 0 Å². The first kappa shape index (κ1) is 24.2. The van der Waals surface area contributed by atoms with Crippen LogP contribution >= 0.6 is 0 Å². The van der Waals surface area contributed by atoms with Crippen molar-refractivity contribution in [1.82, 2.24) is 0 Å². The van der Waals surface area contributed by atoms with Crippen LogP contribution in [-0.2, 0) is 24.2 Å². The van der Waals surface area contributed by atoms with Crippen LogP contribution < -0.4 is 4.74 Å². The topological polar surface area (TPSA) is 18.5 Å². The minimum absolute atomic E-state index is 0.0200. The van der Waals surface area contributed by atoms with Gasteiger partial charge in [-0.1, -0.05) is 48.6 Å². The zero-order chi connectivity index (χ0) is 22.8. The summed E-state index contributed by atoms with van der Waals surface area (Å²) in [4.78, 5) is 0. The number of hydrogen-bond donors (Lipinski definition) is 0. The summed E-state index contributed by atoms with van der Waals surface area (Å²) in [6.45, 7) is 7.97. The summed E-state index contributed by atoms with van der Waals surface area (Å²) >= 11 is 0. The Bertz CT molecular complexity index is 835. The predicted octanol–water partition coefficient (Wildman–Crippen LogP) is 7.67. The Labute approximate surface area is 191 Å². The molecule has 0 spiro atoms. The van der Waals surface area contributed by atoms with Crippen molar-refractivity contribution in [3.8, 4) is 5.75 Å². The highest BCUT2D eigenvalue weighted by Gasteiger charge is 2.44. The fourth-order valence-corrected chi connectivity index (χ4v) is 4.08. The van der Waals surface area contributed by atoms with Gasteiger partial charge in [0.1, 0.15) is 5.75 Å². The molecule has 2 aromatic carbocycles. The van der Waals surface area contributed by atoms with Crippen molar-refractivity contribution in [2.45, 2.75) is 70.2 Å². The van der Waals surface area contributed by atoms with E-state index in [-0.39, 0.29) is 11.9 Å². The van der Waals surface area contributed by atoms with Gasteiger partial charge in [-0.3, -0.25) is 0 Å². The van der Waals surface area contributed by atoms with Crippen molar-refractivity contribution in [2.24, 2.45) is 5.92 Å². The number of alkyl halides is 2. The highest BCUT2D eigenvalue weighted by Crippen LogP contribution is 2.39. The van der Waals surface area contributed by atoms with E-state index in [4.69, 9.17) is 9.47 Å². The zero-order valence-electron chi connectivity index (χ0n) is 18.8. The maximum Gasteiger partial charge on any atom is 0.400 e. The number of hydrogen-bond acceptors (Lipinski definition) is 2. The van der Waals surface area contributed by atoms with E-state index in [0.29, 0.717) is 32.3 Å². The lowest BCUT2D eigenvalue weighted by molar-refractivity contribution is -0.226. The van der Waals surface area contributed by atoms with E-state index < -0.39 is 12.0 Å². The molecular formula is C28H34F2O2. The first-order valence-corrected chi connectivity index (χ1v) is 11.6. The minimum Gasteiger partial charge on any atom is -0.432 e. The Balaban J connectivity index is 1.42. The zero-order valence-corrected chi connectivity index (χ0v) is 18.8. The molecule has 4 heteroatoms. The van der Waals surface area contributed by atoms with E-state index in [1.807, 2.05) is 24.3 Å². The molecule has 172 valence electrons. The second-order valence-electron chi connectivity index (χ2n) is 8.56. The molecule has 0 radical (unpaired) electrons. The monoisotopic (exact) mass is 440 g/mol. The Morgan fingerprint density at radius 1 is 0.781 bits per heavy atom. The quantitative estimate of drug-likeness (QED) is 0.315. The highest BCUT2D eigenvalue weighted by atomic mass is 19.3. The number of halogens is 2. The summed E-state index contributed by atoms with van der Waals surface area (Å²) in [5, 5.41) is 0. The molecule has 0 amide bonds. The average molecular weight is 441 g/mol. The summed E-state index contributed by atoms with van der Waals surface area (Å²) in [7, 11) is 0. The van der Waals surface area contributed by atoms with Gasteiger partial charge in [-0.05, 0) is 80.2 Å².